The summed E-state index contributed by atoms with van der Waals surface area (Å²) in [5, 5.41) is 0. The van der Waals surface area contributed by atoms with Crippen LogP contribution in [-0.4, -0.2) is 43.3 Å². The standard InChI is InChI=1S/C23H28N2O3/c1-14-11-15(2)22(17(4)26)16(3)18(14)12-25-13-21(23(27)24(5)6)28-20-10-8-7-9-19(20)25/h7-11,21H,12-13H2,1-6H3/t21-/m1/s1. The Morgan fingerprint density at radius 2 is 1.82 bits per heavy atom. The normalized spacial score (nSPS) is 15.6. The second-order valence-corrected chi connectivity index (χ2v) is 7.73. The van der Waals surface area contributed by atoms with E-state index in [4.69, 9.17) is 4.74 Å². The molecule has 5 heteroatoms. The van der Waals surface area contributed by atoms with Crippen LogP contribution >= 0.6 is 0 Å². The topological polar surface area (TPSA) is 49.9 Å². The Morgan fingerprint density at radius 3 is 2.46 bits per heavy atom. The lowest BCUT2D eigenvalue weighted by Gasteiger charge is -2.37. The summed E-state index contributed by atoms with van der Waals surface area (Å²) < 4.78 is 5.98. The molecule has 28 heavy (non-hydrogen) atoms. The first-order valence-corrected chi connectivity index (χ1v) is 9.53. The van der Waals surface area contributed by atoms with Crippen LogP contribution in [0.15, 0.2) is 30.3 Å². The van der Waals surface area contributed by atoms with Crippen molar-refractivity contribution in [2.45, 2.75) is 40.3 Å². The van der Waals surface area contributed by atoms with Gasteiger partial charge in [0.25, 0.3) is 5.91 Å². The highest BCUT2D eigenvalue weighted by atomic mass is 16.5. The van der Waals surface area contributed by atoms with Gasteiger partial charge in [-0.05, 0) is 62.1 Å². The van der Waals surface area contributed by atoms with Crippen molar-refractivity contribution in [1.82, 2.24) is 4.90 Å². The van der Waals surface area contributed by atoms with E-state index in [9.17, 15) is 9.59 Å². The van der Waals surface area contributed by atoms with Crippen LogP contribution < -0.4 is 9.64 Å². The van der Waals surface area contributed by atoms with E-state index in [1.165, 1.54) is 0 Å². The highest BCUT2D eigenvalue weighted by Crippen LogP contribution is 2.35. The van der Waals surface area contributed by atoms with Crippen molar-refractivity contribution in [3.05, 3.63) is 58.1 Å². The van der Waals surface area contributed by atoms with E-state index < -0.39 is 6.10 Å². The summed E-state index contributed by atoms with van der Waals surface area (Å²) in [5.74, 6) is 0.740. The molecule has 1 heterocycles. The first-order chi connectivity index (χ1) is 13.2. The first kappa shape index (κ1) is 19.9. The van der Waals surface area contributed by atoms with Gasteiger partial charge < -0.3 is 14.5 Å². The molecule has 1 aliphatic rings. The van der Waals surface area contributed by atoms with E-state index >= 15 is 0 Å². The maximum absolute atomic E-state index is 12.6. The molecule has 1 amide bonds. The number of carbonyl (C=O) groups excluding carboxylic acids is 2. The molecule has 0 radical (unpaired) electrons. The molecule has 0 bridgehead atoms. The summed E-state index contributed by atoms with van der Waals surface area (Å²) in [6.07, 6.45) is -0.553. The maximum Gasteiger partial charge on any atom is 0.265 e. The Bertz CT molecular complexity index is 934. The summed E-state index contributed by atoms with van der Waals surface area (Å²) in [6.45, 7) is 8.78. The van der Waals surface area contributed by atoms with Gasteiger partial charge >= 0.3 is 0 Å². The van der Waals surface area contributed by atoms with Crippen LogP contribution in [0.3, 0.4) is 0 Å². The predicted octanol–water partition coefficient (Wildman–Crippen LogP) is 3.67. The molecule has 0 aromatic heterocycles. The molecule has 3 rings (SSSR count). The SMILES string of the molecule is CC(=O)c1c(C)cc(C)c(CN2C[C@H](C(=O)N(C)C)Oc3ccccc32)c1C. The number of nitrogens with zero attached hydrogens (tertiary/aromatic N) is 2. The number of ketones is 1. The molecule has 1 atom stereocenters. The molecule has 0 saturated heterocycles. The van der Waals surface area contributed by atoms with Crippen LogP contribution in [-0.2, 0) is 11.3 Å². The van der Waals surface area contributed by atoms with Crippen molar-refractivity contribution in [2.75, 3.05) is 25.5 Å². The number of fused-ring (bicyclic) bond motifs is 1. The van der Waals surface area contributed by atoms with E-state index in [1.54, 1.807) is 25.9 Å². The smallest absolute Gasteiger partial charge is 0.265 e. The van der Waals surface area contributed by atoms with Gasteiger partial charge in [-0.25, -0.2) is 0 Å². The largest absolute Gasteiger partial charge is 0.477 e. The fourth-order valence-corrected chi connectivity index (χ4v) is 4.08. The molecular formula is C23H28N2O3. The van der Waals surface area contributed by atoms with Gasteiger partial charge in [-0.1, -0.05) is 18.2 Å². The summed E-state index contributed by atoms with van der Waals surface area (Å²) in [7, 11) is 3.48. The Morgan fingerprint density at radius 1 is 1.14 bits per heavy atom. The van der Waals surface area contributed by atoms with Gasteiger partial charge in [0.15, 0.2) is 11.9 Å². The molecule has 1 aliphatic heterocycles. The number of hydrogen-bond donors (Lipinski definition) is 0. The van der Waals surface area contributed by atoms with Gasteiger partial charge in [0.05, 0.1) is 12.2 Å². The van der Waals surface area contributed by atoms with Crippen molar-refractivity contribution in [2.24, 2.45) is 0 Å². The highest BCUT2D eigenvalue weighted by molar-refractivity contribution is 5.97. The van der Waals surface area contributed by atoms with Gasteiger partial charge in [0.1, 0.15) is 5.75 Å². The molecule has 0 spiro atoms. The number of rotatable bonds is 4. The van der Waals surface area contributed by atoms with Crippen LogP contribution in [0.25, 0.3) is 0 Å². The maximum atomic E-state index is 12.6. The third-order valence-corrected chi connectivity index (χ3v) is 5.41. The van der Waals surface area contributed by atoms with Crippen molar-refractivity contribution in [3.8, 4) is 5.75 Å². The zero-order chi connectivity index (χ0) is 20.6. The minimum Gasteiger partial charge on any atom is -0.477 e. The zero-order valence-corrected chi connectivity index (χ0v) is 17.5. The van der Waals surface area contributed by atoms with Crippen molar-refractivity contribution in [3.63, 3.8) is 0 Å². The van der Waals surface area contributed by atoms with Crippen molar-refractivity contribution >= 4 is 17.4 Å². The van der Waals surface area contributed by atoms with Gasteiger partial charge in [-0.15, -0.1) is 0 Å². The number of anilines is 1. The molecule has 2 aromatic rings. The first-order valence-electron chi connectivity index (χ1n) is 9.53. The lowest BCUT2D eigenvalue weighted by molar-refractivity contribution is -0.136. The molecule has 2 aromatic carbocycles. The number of likely N-dealkylation sites (N-methyl/N-ethyl adjacent to an activating group) is 1. The summed E-state index contributed by atoms with van der Waals surface area (Å²) in [4.78, 5) is 28.5. The average molecular weight is 380 g/mol. The van der Waals surface area contributed by atoms with Crippen molar-refractivity contribution < 1.29 is 14.3 Å². The Kier molecular flexibility index (Phi) is 5.45. The number of amides is 1. The Labute approximate surface area is 166 Å². The van der Waals surface area contributed by atoms with Gasteiger partial charge in [-0.3, -0.25) is 9.59 Å². The summed E-state index contributed by atoms with van der Waals surface area (Å²) >= 11 is 0. The quantitative estimate of drug-likeness (QED) is 0.760. The number of ether oxygens (including phenoxy) is 1. The van der Waals surface area contributed by atoms with E-state index in [2.05, 4.69) is 17.9 Å². The van der Waals surface area contributed by atoms with Crippen molar-refractivity contribution in [1.29, 1.82) is 0 Å². The van der Waals surface area contributed by atoms with Gasteiger partial charge in [-0.2, -0.15) is 0 Å². The molecule has 0 unspecified atom stereocenters. The van der Waals surface area contributed by atoms with E-state index in [0.29, 0.717) is 18.8 Å². The van der Waals surface area contributed by atoms with Crippen LogP contribution in [0.5, 0.6) is 5.75 Å². The van der Waals surface area contributed by atoms with E-state index in [0.717, 1.165) is 33.5 Å². The lowest BCUT2D eigenvalue weighted by atomic mass is 9.91. The fraction of sp³-hybridized carbons (Fsp3) is 0.391. The second kappa shape index (κ2) is 7.66. The van der Waals surface area contributed by atoms with Crippen LogP contribution in [0.2, 0.25) is 0 Å². The van der Waals surface area contributed by atoms with Crippen LogP contribution in [0.1, 0.15) is 39.5 Å². The Hall–Kier alpha value is -2.82. The van der Waals surface area contributed by atoms with Gasteiger partial charge in [0, 0.05) is 26.2 Å². The Balaban J connectivity index is 2.03. The molecule has 0 saturated carbocycles. The van der Waals surface area contributed by atoms with E-state index in [-0.39, 0.29) is 11.7 Å². The minimum absolute atomic E-state index is 0.0544. The predicted molar refractivity (Wildman–Crippen MR) is 111 cm³/mol. The molecule has 0 fully saturated rings. The summed E-state index contributed by atoms with van der Waals surface area (Å²) in [5.41, 5.74) is 6.07. The average Bonchev–Trinajstić information content (AvgIpc) is 2.63. The molecular weight excluding hydrogens is 352 g/mol. The molecule has 148 valence electrons. The number of benzene rings is 2. The fourth-order valence-electron chi connectivity index (χ4n) is 4.08. The molecule has 0 N–H and O–H groups in total. The number of hydrogen-bond acceptors (Lipinski definition) is 4. The third kappa shape index (κ3) is 3.61. The number of para-hydroxylation sites is 2. The number of carbonyl (C=O) groups is 2. The molecule has 0 aliphatic carbocycles. The monoisotopic (exact) mass is 380 g/mol. The minimum atomic E-state index is -0.553. The highest BCUT2D eigenvalue weighted by Gasteiger charge is 2.32. The molecule has 5 nitrogen and oxygen atoms in total. The van der Waals surface area contributed by atoms with Gasteiger partial charge in [0.2, 0.25) is 0 Å². The third-order valence-electron chi connectivity index (χ3n) is 5.41. The zero-order valence-electron chi connectivity index (χ0n) is 17.5. The second-order valence-electron chi connectivity index (χ2n) is 7.73. The lowest BCUT2D eigenvalue weighted by Crippen LogP contribution is -2.48. The van der Waals surface area contributed by atoms with E-state index in [1.807, 2.05) is 38.1 Å². The van der Waals surface area contributed by atoms with Crippen LogP contribution in [0, 0.1) is 20.8 Å². The number of aryl methyl sites for hydroxylation is 2. The number of Topliss-reactive ketones (excluding diaryl/α,β-unsaturated/α-hetero) is 1. The summed E-state index contributed by atoms with van der Waals surface area (Å²) in [6, 6.07) is 9.87. The van der Waals surface area contributed by atoms with Crippen LogP contribution in [0.4, 0.5) is 5.69 Å².